The number of carbonyl (C=O) groups is 1. The van der Waals surface area contributed by atoms with Crippen molar-refractivity contribution in [2.75, 3.05) is 18.4 Å². The second-order valence-electron chi connectivity index (χ2n) is 5.09. The lowest BCUT2D eigenvalue weighted by Gasteiger charge is -2.20. The van der Waals surface area contributed by atoms with Crippen LogP contribution in [0.3, 0.4) is 0 Å². The largest absolute Gasteiger partial charge is 0.325 e. The van der Waals surface area contributed by atoms with Crippen LogP contribution < -0.4 is 5.32 Å². The van der Waals surface area contributed by atoms with E-state index in [4.69, 9.17) is 0 Å². The third kappa shape index (κ3) is 3.46. The number of nitro groups is 1. The number of hydrogen-bond acceptors (Lipinski definition) is 3. The van der Waals surface area contributed by atoms with E-state index < -0.39 is 4.92 Å². The van der Waals surface area contributed by atoms with Crippen LogP contribution in [0.4, 0.5) is 16.2 Å². The minimum absolute atomic E-state index is 0.0265. The number of rotatable bonds is 2. The summed E-state index contributed by atoms with van der Waals surface area (Å²) in [6.45, 7) is 3.18. The summed E-state index contributed by atoms with van der Waals surface area (Å²) in [5.41, 5.74) is 1.08. The second-order valence-corrected chi connectivity index (χ2v) is 5.09. The molecule has 0 aliphatic carbocycles. The highest BCUT2D eigenvalue weighted by Gasteiger charge is 2.17. The van der Waals surface area contributed by atoms with Crippen LogP contribution in [0, 0.1) is 17.0 Å². The maximum atomic E-state index is 12.1. The van der Waals surface area contributed by atoms with Crippen molar-refractivity contribution in [1.29, 1.82) is 0 Å². The third-order valence-electron chi connectivity index (χ3n) is 3.55. The highest BCUT2D eigenvalue weighted by molar-refractivity contribution is 5.89. The van der Waals surface area contributed by atoms with Crippen LogP contribution in [-0.4, -0.2) is 28.9 Å². The summed E-state index contributed by atoms with van der Waals surface area (Å²) in [5, 5.41) is 13.6. The highest BCUT2D eigenvalue weighted by atomic mass is 16.6. The van der Waals surface area contributed by atoms with E-state index in [9.17, 15) is 14.9 Å². The molecule has 1 heterocycles. The van der Waals surface area contributed by atoms with E-state index in [0.29, 0.717) is 11.3 Å². The Bertz CT molecular complexity index is 508. The van der Waals surface area contributed by atoms with E-state index >= 15 is 0 Å². The molecule has 6 nitrogen and oxygen atoms in total. The van der Waals surface area contributed by atoms with E-state index in [1.807, 2.05) is 0 Å². The number of aryl methyl sites for hydroxylation is 1. The first kappa shape index (κ1) is 14.3. The molecule has 1 aliphatic rings. The van der Waals surface area contributed by atoms with Crippen molar-refractivity contribution in [2.45, 2.75) is 32.6 Å². The zero-order chi connectivity index (χ0) is 14.5. The average Bonchev–Trinajstić information content (AvgIpc) is 2.69. The normalized spacial score (nSPS) is 15.6. The molecular formula is C14H19N3O3. The fourth-order valence-electron chi connectivity index (χ4n) is 2.36. The van der Waals surface area contributed by atoms with Gasteiger partial charge in [-0.3, -0.25) is 10.1 Å². The maximum Gasteiger partial charge on any atom is 0.321 e. The standard InChI is InChI=1S/C14H19N3O3/c1-11-6-7-12(10-13(11)17(19)20)15-14(18)16-8-4-2-3-5-9-16/h6-7,10H,2-5,8-9H2,1H3,(H,15,18). The molecule has 0 spiro atoms. The molecule has 0 saturated carbocycles. The van der Waals surface area contributed by atoms with Crippen molar-refractivity contribution in [1.82, 2.24) is 4.90 Å². The molecule has 1 fully saturated rings. The van der Waals surface area contributed by atoms with Gasteiger partial charge in [-0.2, -0.15) is 0 Å². The smallest absolute Gasteiger partial charge is 0.321 e. The average molecular weight is 277 g/mol. The number of hydrogen-bond donors (Lipinski definition) is 1. The Kier molecular flexibility index (Phi) is 4.55. The predicted molar refractivity (Wildman–Crippen MR) is 76.9 cm³/mol. The number of likely N-dealkylation sites (tertiary alicyclic amines) is 1. The molecule has 6 heteroatoms. The fraction of sp³-hybridized carbons (Fsp3) is 0.500. The van der Waals surface area contributed by atoms with Gasteiger partial charge >= 0.3 is 6.03 Å². The van der Waals surface area contributed by atoms with Crippen molar-refractivity contribution >= 4 is 17.4 Å². The van der Waals surface area contributed by atoms with E-state index in [1.54, 1.807) is 24.0 Å². The van der Waals surface area contributed by atoms with Crippen molar-refractivity contribution in [3.05, 3.63) is 33.9 Å². The van der Waals surface area contributed by atoms with Gasteiger partial charge < -0.3 is 10.2 Å². The fourth-order valence-corrected chi connectivity index (χ4v) is 2.36. The van der Waals surface area contributed by atoms with Gasteiger partial charge in [-0.15, -0.1) is 0 Å². The highest BCUT2D eigenvalue weighted by Crippen LogP contribution is 2.22. The van der Waals surface area contributed by atoms with Crippen LogP contribution in [0.15, 0.2) is 18.2 Å². The second kappa shape index (κ2) is 6.36. The molecule has 0 unspecified atom stereocenters. The molecule has 2 rings (SSSR count). The number of benzene rings is 1. The summed E-state index contributed by atoms with van der Waals surface area (Å²) >= 11 is 0. The molecule has 2 amide bonds. The first-order valence-electron chi connectivity index (χ1n) is 6.89. The van der Waals surface area contributed by atoms with Gasteiger partial charge in [0.05, 0.1) is 4.92 Å². The van der Waals surface area contributed by atoms with Gasteiger partial charge in [-0.1, -0.05) is 18.9 Å². The van der Waals surface area contributed by atoms with E-state index in [2.05, 4.69) is 5.32 Å². The van der Waals surface area contributed by atoms with Crippen molar-refractivity contribution < 1.29 is 9.72 Å². The molecule has 1 aliphatic heterocycles. The third-order valence-corrected chi connectivity index (χ3v) is 3.55. The van der Waals surface area contributed by atoms with Gasteiger partial charge in [-0.05, 0) is 25.8 Å². The lowest BCUT2D eigenvalue weighted by atomic mass is 10.2. The van der Waals surface area contributed by atoms with Crippen LogP contribution in [-0.2, 0) is 0 Å². The number of urea groups is 1. The number of anilines is 1. The minimum Gasteiger partial charge on any atom is -0.325 e. The summed E-state index contributed by atoms with van der Waals surface area (Å²) in [7, 11) is 0. The first-order valence-corrected chi connectivity index (χ1v) is 6.89. The Morgan fingerprint density at radius 2 is 1.90 bits per heavy atom. The van der Waals surface area contributed by atoms with Gasteiger partial charge in [0, 0.05) is 30.4 Å². The van der Waals surface area contributed by atoms with Crippen LogP contribution in [0.2, 0.25) is 0 Å². The molecular weight excluding hydrogens is 258 g/mol. The molecule has 1 aromatic rings. The number of nitrogens with one attached hydrogen (secondary N) is 1. The van der Waals surface area contributed by atoms with Crippen LogP contribution >= 0.6 is 0 Å². The number of carbonyl (C=O) groups excluding carboxylic acids is 1. The summed E-state index contributed by atoms with van der Waals surface area (Å²) in [6, 6.07) is 4.57. The summed E-state index contributed by atoms with van der Waals surface area (Å²) in [4.78, 5) is 24.4. The van der Waals surface area contributed by atoms with Crippen LogP contribution in [0.25, 0.3) is 0 Å². The van der Waals surface area contributed by atoms with Gasteiger partial charge in [-0.25, -0.2) is 4.79 Å². The van der Waals surface area contributed by atoms with E-state index in [0.717, 1.165) is 38.8 Å². The Hall–Kier alpha value is -2.11. The summed E-state index contributed by atoms with van der Waals surface area (Å²) in [5.74, 6) is 0. The van der Waals surface area contributed by atoms with E-state index in [1.165, 1.54) is 6.07 Å². The lowest BCUT2D eigenvalue weighted by Crippen LogP contribution is -2.35. The summed E-state index contributed by atoms with van der Waals surface area (Å²) in [6.07, 6.45) is 4.34. The molecule has 0 bridgehead atoms. The Balaban J connectivity index is 2.07. The minimum atomic E-state index is -0.434. The number of nitrogens with zero attached hydrogens (tertiary/aromatic N) is 2. The van der Waals surface area contributed by atoms with Crippen molar-refractivity contribution in [3.8, 4) is 0 Å². The molecule has 0 atom stereocenters. The Morgan fingerprint density at radius 3 is 2.50 bits per heavy atom. The Labute approximate surface area is 117 Å². The van der Waals surface area contributed by atoms with Gasteiger partial charge in [0.15, 0.2) is 0 Å². The van der Waals surface area contributed by atoms with Crippen molar-refractivity contribution in [2.24, 2.45) is 0 Å². The van der Waals surface area contributed by atoms with Gasteiger partial charge in [0.2, 0.25) is 0 Å². The molecule has 1 saturated heterocycles. The number of nitro benzene ring substituents is 1. The number of amides is 2. The lowest BCUT2D eigenvalue weighted by molar-refractivity contribution is -0.385. The molecule has 1 aromatic carbocycles. The molecule has 108 valence electrons. The summed E-state index contributed by atoms with van der Waals surface area (Å²) < 4.78 is 0. The molecule has 0 radical (unpaired) electrons. The van der Waals surface area contributed by atoms with Crippen LogP contribution in [0.5, 0.6) is 0 Å². The quantitative estimate of drug-likeness (QED) is 0.665. The van der Waals surface area contributed by atoms with Crippen LogP contribution in [0.1, 0.15) is 31.2 Å². The Morgan fingerprint density at radius 1 is 1.25 bits per heavy atom. The molecule has 20 heavy (non-hydrogen) atoms. The zero-order valence-corrected chi connectivity index (χ0v) is 11.6. The maximum absolute atomic E-state index is 12.1. The monoisotopic (exact) mass is 277 g/mol. The van der Waals surface area contributed by atoms with Crippen molar-refractivity contribution in [3.63, 3.8) is 0 Å². The topological polar surface area (TPSA) is 75.5 Å². The SMILES string of the molecule is Cc1ccc(NC(=O)N2CCCCCC2)cc1[N+](=O)[O-]. The molecule has 0 aromatic heterocycles. The van der Waals surface area contributed by atoms with E-state index in [-0.39, 0.29) is 11.7 Å². The zero-order valence-electron chi connectivity index (χ0n) is 11.6. The van der Waals surface area contributed by atoms with Gasteiger partial charge in [0.25, 0.3) is 5.69 Å². The molecule has 1 N–H and O–H groups in total. The predicted octanol–water partition coefficient (Wildman–Crippen LogP) is 3.31. The first-order chi connectivity index (χ1) is 9.58. The van der Waals surface area contributed by atoms with Gasteiger partial charge in [0.1, 0.15) is 0 Å².